The van der Waals surface area contributed by atoms with E-state index in [2.05, 4.69) is 148 Å². The average Bonchev–Trinajstić information content (AvgIpc) is 3.44. The van der Waals surface area contributed by atoms with Gasteiger partial charge in [-0.3, -0.25) is 9.59 Å². The van der Waals surface area contributed by atoms with E-state index in [9.17, 15) is 19.5 Å². The molecule has 2 unspecified atom stereocenters. The minimum atomic E-state index is -1.53. The Balaban J connectivity index is 4.22. The lowest BCUT2D eigenvalue weighted by Gasteiger charge is -2.25. The maximum Gasteiger partial charge on any atom is 0.361 e. The van der Waals surface area contributed by atoms with Crippen LogP contribution in [0.3, 0.4) is 0 Å². The van der Waals surface area contributed by atoms with Gasteiger partial charge in [-0.05, 0) is 109 Å². The van der Waals surface area contributed by atoms with E-state index in [0.29, 0.717) is 17.4 Å². The van der Waals surface area contributed by atoms with Crippen LogP contribution in [0.25, 0.3) is 0 Å². The predicted octanol–water partition coefficient (Wildman–Crippen LogP) is 19.8. The molecule has 0 aromatic carbocycles. The van der Waals surface area contributed by atoms with Crippen molar-refractivity contribution >= 4 is 17.9 Å². The number of hydrogen-bond donors (Lipinski definition) is 1. The summed E-state index contributed by atoms with van der Waals surface area (Å²) in [7, 11) is 5.95. The first-order valence-corrected chi connectivity index (χ1v) is 32.3. The van der Waals surface area contributed by atoms with Crippen LogP contribution in [0.2, 0.25) is 0 Å². The van der Waals surface area contributed by atoms with Crippen molar-refractivity contribution < 1.29 is 42.9 Å². The molecule has 0 aromatic rings. The Kier molecular flexibility index (Phi) is 58.0. The third-order valence-electron chi connectivity index (χ3n) is 13.4. The number of hydrogen-bond acceptors (Lipinski definition) is 7. The fourth-order valence-electron chi connectivity index (χ4n) is 8.51. The molecule has 0 fully saturated rings. The molecule has 9 nitrogen and oxygen atoms in total. The number of allylic oxidation sites excluding steroid dienone is 22. The number of unbranched alkanes of at least 4 members (excludes halogenated alkanes) is 21. The third kappa shape index (κ3) is 62.9. The Morgan fingerprint density at radius 2 is 0.667 bits per heavy atom. The van der Waals surface area contributed by atoms with Gasteiger partial charge in [0.1, 0.15) is 13.2 Å². The maximum atomic E-state index is 12.9. The fourth-order valence-corrected chi connectivity index (χ4v) is 8.51. The van der Waals surface area contributed by atoms with Crippen LogP contribution in [0.5, 0.6) is 0 Å². The van der Waals surface area contributed by atoms with Crippen LogP contribution in [0, 0.1) is 0 Å². The zero-order chi connectivity index (χ0) is 59.1. The van der Waals surface area contributed by atoms with Crippen molar-refractivity contribution in [3.63, 3.8) is 0 Å². The van der Waals surface area contributed by atoms with Gasteiger partial charge in [0.05, 0.1) is 34.4 Å². The first kappa shape index (κ1) is 76.4. The van der Waals surface area contributed by atoms with Gasteiger partial charge < -0.3 is 28.5 Å². The largest absolute Gasteiger partial charge is 0.477 e. The molecule has 0 spiro atoms. The second-order valence-corrected chi connectivity index (χ2v) is 22.3. The van der Waals surface area contributed by atoms with E-state index >= 15 is 0 Å². The molecule has 81 heavy (non-hydrogen) atoms. The van der Waals surface area contributed by atoms with Crippen LogP contribution >= 0.6 is 0 Å². The van der Waals surface area contributed by atoms with Gasteiger partial charge in [-0.25, -0.2) is 4.79 Å². The fraction of sp³-hybridized carbons (Fsp3) is 0.653. The first-order valence-electron chi connectivity index (χ1n) is 32.3. The quantitative estimate of drug-likeness (QED) is 0.0211. The summed E-state index contributed by atoms with van der Waals surface area (Å²) in [6, 6.07) is 0. The van der Waals surface area contributed by atoms with Crippen LogP contribution in [0.1, 0.15) is 245 Å². The van der Waals surface area contributed by atoms with E-state index in [1.165, 1.54) is 103 Å². The van der Waals surface area contributed by atoms with Gasteiger partial charge in [-0.15, -0.1) is 0 Å². The minimum absolute atomic E-state index is 0.175. The number of nitrogens with zero attached hydrogens (tertiary/aromatic N) is 1. The Hall–Kier alpha value is -4.57. The number of quaternary nitrogens is 1. The molecule has 0 aromatic heterocycles. The van der Waals surface area contributed by atoms with Crippen molar-refractivity contribution in [1.29, 1.82) is 0 Å². The number of carboxylic acids is 1. The molecule has 1 N–H and O–H groups in total. The van der Waals surface area contributed by atoms with Crippen molar-refractivity contribution in [3.05, 3.63) is 134 Å². The maximum absolute atomic E-state index is 12.9. The Labute approximate surface area is 497 Å². The highest BCUT2D eigenvalue weighted by molar-refractivity contribution is 5.71. The number of esters is 2. The number of carboxylic acid groups (broad SMARTS) is 1. The standard InChI is InChI=1S/C72H119NO8/c1-6-8-10-12-14-16-18-20-22-24-26-28-30-32-33-34-35-36-37-39-40-42-44-46-48-50-52-54-56-58-60-62-69(74)79-66-68(67-80-72(71(76)77)78-65-64-73(3,4)5)81-70(75)63-61-59-57-55-53-51-49-47-45-43-41-38-31-29-27-25-23-21-19-17-15-13-11-9-7-2/h8-11,14-17,20-23,26-29,38,41,45,47,51,53,68,72H,6-7,12-13,18-19,24-25,30-37,39-40,42-44,46,48-50,52,54-67H2,1-5H3/p+1/b10-8-,11-9-,16-14-,17-15-,22-20-,23-21-,28-26-,29-27-,41-38-,47-45-,53-51-. The zero-order valence-electron chi connectivity index (χ0n) is 52.4. The zero-order valence-corrected chi connectivity index (χ0v) is 52.4. The van der Waals surface area contributed by atoms with Crippen molar-refractivity contribution in [2.45, 2.75) is 257 Å². The molecule has 9 heteroatoms. The minimum Gasteiger partial charge on any atom is -0.477 e. The van der Waals surface area contributed by atoms with Crippen LogP contribution in [-0.2, 0) is 33.3 Å². The van der Waals surface area contributed by atoms with Crippen molar-refractivity contribution in [1.82, 2.24) is 0 Å². The molecule has 0 heterocycles. The average molecular weight is 1130 g/mol. The SMILES string of the molecule is CC/C=C\C/C=C\C/C=C\C/C=C\C/C=C\C/C=C\C/C=C\CCCCCC(=O)OC(COC(=O)CCCCCCCCCCCCCCCCCCCC/C=C\C/C=C\C/C=C\C/C=C\CC)COC(OCC[N+](C)(C)C)C(=O)O. The number of ether oxygens (including phenoxy) is 4. The number of aliphatic carboxylic acids is 1. The molecular formula is C72H120NO8+. The van der Waals surface area contributed by atoms with E-state index in [1.807, 2.05) is 21.1 Å². The summed E-state index contributed by atoms with van der Waals surface area (Å²) in [6.45, 7) is 4.61. The predicted molar refractivity (Wildman–Crippen MR) is 345 cm³/mol. The summed E-state index contributed by atoms with van der Waals surface area (Å²) in [4.78, 5) is 37.5. The van der Waals surface area contributed by atoms with E-state index in [0.717, 1.165) is 109 Å². The highest BCUT2D eigenvalue weighted by Gasteiger charge is 2.25. The van der Waals surface area contributed by atoms with Gasteiger partial charge in [0.2, 0.25) is 0 Å². The number of likely N-dealkylation sites (N-methyl/N-ethyl adjacent to an activating group) is 1. The van der Waals surface area contributed by atoms with E-state index in [-0.39, 0.29) is 38.6 Å². The summed E-state index contributed by atoms with van der Waals surface area (Å²) in [5.41, 5.74) is 0. The summed E-state index contributed by atoms with van der Waals surface area (Å²) < 4.78 is 22.9. The highest BCUT2D eigenvalue weighted by atomic mass is 16.7. The Morgan fingerprint density at radius 1 is 0.370 bits per heavy atom. The normalized spacial score (nSPS) is 13.6. The lowest BCUT2D eigenvalue weighted by molar-refractivity contribution is -0.870. The van der Waals surface area contributed by atoms with Crippen molar-refractivity contribution in [2.24, 2.45) is 0 Å². The van der Waals surface area contributed by atoms with Gasteiger partial charge in [-0.2, -0.15) is 0 Å². The number of carbonyl (C=O) groups is 3. The number of carbonyl (C=O) groups excluding carboxylic acids is 2. The summed E-state index contributed by atoms with van der Waals surface area (Å²) in [5.74, 6) is -2.06. The van der Waals surface area contributed by atoms with Crippen LogP contribution in [0.4, 0.5) is 0 Å². The molecule has 0 radical (unpaired) electrons. The van der Waals surface area contributed by atoms with Gasteiger partial charge >= 0.3 is 17.9 Å². The molecule has 0 aliphatic rings. The van der Waals surface area contributed by atoms with Gasteiger partial charge in [0, 0.05) is 12.8 Å². The molecule has 2 atom stereocenters. The second-order valence-electron chi connectivity index (χ2n) is 22.3. The number of rotatable bonds is 58. The topological polar surface area (TPSA) is 108 Å². The Bertz CT molecular complexity index is 1790. The Morgan fingerprint density at radius 3 is 1.00 bits per heavy atom. The third-order valence-corrected chi connectivity index (χ3v) is 13.4. The summed E-state index contributed by atoms with van der Waals surface area (Å²) in [6.07, 6.45) is 85.5. The van der Waals surface area contributed by atoms with E-state index < -0.39 is 24.3 Å². The lowest BCUT2D eigenvalue weighted by atomic mass is 10.0. The summed E-state index contributed by atoms with van der Waals surface area (Å²) >= 11 is 0. The summed E-state index contributed by atoms with van der Waals surface area (Å²) in [5, 5.41) is 9.73. The second kappa shape index (κ2) is 61.5. The smallest absolute Gasteiger partial charge is 0.361 e. The monoisotopic (exact) mass is 1130 g/mol. The lowest BCUT2D eigenvalue weighted by Crippen LogP contribution is -2.40. The molecule has 0 amide bonds. The van der Waals surface area contributed by atoms with Gasteiger partial charge in [0.15, 0.2) is 6.10 Å². The highest BCUT2D eigenvalue weighted by Crippen LogP contribution is 2.16. The van der Waals surface area contributed by atoms with Crippen LogP contribution in [-0.4, -0.2) is 87.4 Å². The molecule has 0 rings (SSSR count). The molecule has 0 saturated heterocycles. The molecular weight excluding hydrogens is 1010 g/mol. The molecule has 0 saturated carbocycles. The van der Waals surface area contributed by atoms with Crippen molar-refractivity contribution in [2.75, 3.05) is 47.5 Å². The van der Waals surface area contributed by atoms with Gasteiger partial charge in [0.25, 0.3) is 6.29 Å². The van der Waals surface area contributed by atoms with Gasteiger partial charge in [-0.1, -0.05) is 257 Å². The molecule has 460 valence electrons. The van der Waals surface area contributed by atoms with E-state index in [4.69, 9.17) is 18.9 Å². The van der Waals surface area contributed by atoms with Crippen LogP contribution < -0.4 is 0 Å². The van der Waals surface area contributed by atoms with E-state index in [1.54, 1.807) is 0 Å². The molecule has 0 aliphatic heterocycles. The molecule has 0 bridgehead atoms. The first-order chi connectivity index (χ1) is 39.6. The van der Waals surface area contributed by atoms with Crippen LogP contribution in [0.15, 0.2) is 134 Å². The van der Waals surface area contributed by atoms with Crippen molar-refractivity contribution in [3.8, 4) is 0 Å². The molecule has 0 aliphatic carbocycles.